The zero-order valence-electron chi connectivity index (χ0n) is 21.0. The molecule has 3 aromatic rings. The molecule has 1 atom stereocenters. The standard InChI is InChI=1S/C30H33NO4/c1-20(2)35-28-14-11-25(18-21(28)3)31-17-16-23-19-26(32)12-13-27(23)30(31,4)24-9-6-22(7-10-24)8-15-29(33)34-5/h6-15,18-20,32H,16-17H2,1-5H3/b15-8+. The number of fused-ring (bicyclic) bond motifs is 1. The molecule has 3 aromatic carbocycles. The first-order valence-electron chi connectivity index (χ1n) is 12.0. The van der Waals surface area contributed by atoms with Crippen LogP contribution in [0.15, 0.2) is 66.7 Å². The molecule has 5 heteroatoms. The van der Waals surface area contributed by atoms with E-state index >= 15 is 0 Å². The predicted molar refractivity (Wildman–Crippen MR) is 140 cm³/mol. The van der Waals surface area contributed by atoms with Crippen LogP contribution in [-0.2, 0) is 21.5 Å². The molecule has 1 N–H and O–H groups in total. The molecule has 35 heavy (non-hydrogen) atoms. The summed E-state index contributed by atoms with van der Waals surface area (Å²) in [6, 6.07) is 20.3. The summed E-state index contributed by atoms with van der Waals surface area (Å²) in [5.41, 5.74) is 6.11. The van der Waals surface area contributed by atoms with Gasteiger partial charge in [-0.2, -0.15) is 0 Å². The molecular weight excluding hydrogens is 438 g/mol. The van der Waals surface area contributed by atoms with Gasteiger partial charge in [0.1, 0.15) is 11.5 Å². The van der Waals surface area contributed by atoms with Crippen molar-refractivity contribution < 1.29 is 19.4 Å². The number of phenolic OH excluding ortho intramolecular Hbond substituents is 1. The minimum atomic E-state index is -0.460. The number of ether oxygens (including phenoxy) is 2. The van der Waals surface area contributed by atoms with E-state index in [1.165, 1.54) is 18.7 Å². The van der Waals surface area contributed by atoms with Crippen LogP contribution in [0, 0.1) is 6.92 Å². The highest BCUT2D eigenvalue weighted by atomic mass is 16.5. The Balaban J connectivity index is 1.79. The summed E-state index contributed by atoms with van der Waals surface area (Å²) in [4.78, 5) is 13.9. The molecular formula is C30H33NO4. The van der Waals surface area contributed by atoms with Crippen LogP contribution < -0.4 is 9.64 Å². The highest BCUT2D eigenvalue weighted by Crippen LogP contribution is 2.45. The topological polar surface area (TPSA) is 59.0 Å². The Morgan fingerprint density at radius 2 is 1.83 bits per heavy atom. The number of hydrogen-bond donors (Lipinski definition) is 1. The van der Waals surface area contributed by atoms with Gasteiger partial charge in [-0.05, 0) is 98.3 Å². The third kappa shape index (κ3) is 4.90. The van der Waals surface area contributed by atoms with E-state index in [9.17, 15) is 9.90 Å². The van der Waals surface area contributed by atoms with Gasteiger partial charge >= 0.3 is 5.97 Å². The quantitative estimate of drug-likeness (QED) is 0.353. The predicted octanol–water partition coefficient (Wildman–Crippen LogP) is 6.00. The SMILES string of the molecule is COC(=O)/C=C/c1ccc(C2(C)c3ccc(O)cc3CCN2c2ccc(OC(C)C)c(C)c2)cc1. The number of carbonyl (C=O) groups is 1. The first-order chi connectivity index (χ1) is 16.7. The fourth-order valence-electron chi connectivity index (χ4n) is 4.90. The van der Waals surface area contributed by atoms with Crippen molar-refractivity contribution in [2.75, 3.05) is 18.6 Å². The van der Waals surface area contributed by atoms with E-state index in [4.69, 9.17) is 9.47 Å². The molecule has 4 rings (SSSR count). The first-order valence-corrected chi connectivity index (χ1v) is 12.0. The van der Waals surface area contributed by atoms with E-state index in [2.05, 4.69) is 49.1 Å². The second-order valence-corrected chi connectivity index (χ2v) is 9.41. The zero-order chi connectivity index (χ0) is 25.2. The van der Waals surface area contributed by atoms with Crippen molar-refractivity contribution in [2.45, 2.75) is 45.8 Å². The molecule has 1 aliphatic rings. The Morgan fingerprint density at radius 1 is 1.09 bits per heavy atom. The smallest absolute Gasteiger partial charge is 0.330 e. The Hall–Kier alpha value is -3.73. The van der Waals surface area contributed by atoms with E-state index in [1.54, 1.807) is 12.1 Å². The van der Waals surface area contributed by atoms with Crippen molar-refractivity contribution in [1.82, 2.24) is 0 Å². The van der Waals surface area contributed by atoms with E-state index in [1.807, 2.05) is 38.1 Å². The number of methoxy groups -OCH3 is 1. The molecule has 0 saturated heterocycles. The van der Waals surface area contributed by atoms with Gasteiger partial charge in [0.2, 0.25) is 0 Å². The number of nitrogens with zero attached hydrogens (tertiary/aromatic N) is 1. The molecule has 0 fully saturated rings. The van der Waals surface area contributed by atoms with Crippen molar-refractivity contribution in [1.29, 1.82) is 0 Å². The first kappa shape index (κ1) is 24.4. The number of rotatable bonds is 6. The van der Waals surface area contributed by atoms with Crippen LogP contribution in [0.4, 0.5) is 5.69 Å². The van der Waals surface area contributed by atoms with Gasteiger partial charge in [-0.15, -0.1) is 0 Å². The van der Waals surface area contributed by atoms with Gasteiger partial charge in [-0.1, -0.05) is 30.3 Å². The van der Waals surface area contributed by atoms with Crippen LogP contribution in [-0.4, -0.2) is 30.8 Å². The molecule has 1 unspecified atom stereocenters. The van der Waals surface area contributed by atoms with Crippen LogP contribution in [0.25, 0.3) is 6.08 Å². The maximum absolute atomic E-state index is 11.5. The molecule has 0 radical (unpaired) electrons. The number of anilines is 1. The number of hydrogen-bond acceptors (Lipinski definition) is 5. The molecule has 0 spiro atoms. The molecule has 0 saturated carbocycles. The van der Waals surface area contributed by atoms with Gasteiger partial charge in [-0.25, -0.2) is 4.79 Å². The molecule has 5 nitrogen and oxygen atoms in total. The van der Waals surface area contributed by atoms with Gasteiger partial charge in [0, 0.05) is 18.3 Å². The molecule has 182 valence electrons. The van der Waals surface area contributed by atoms with Crippen molar-refractivity contribution in [3.8, 4) is 11.5 Å². The fraction of sp³-hybridized carbons (Fsp3) is 0.300. The van der Waals surface area contributed by atoms with Gasteiger partial charge in [0.25, 0.3) is 0 Å². The molecule has 1 aliphatic heterocycles. The van der Waals surface area contributed by atoms with Crippen LogP contribution in [0.3, 0.4) is 0 Å². The molecule has 1 heterocycles. The third-order valence-corrected chi connectivity index (χ3v) is 6.68. The summed E-state index contributed by atoms with van der Waals surface area (Å²) >= 11 is 0. The van der Waals surface area contributed by atoms with Crippen LogP contribution in [0.5, 0.6) is 11.5 Å². The highest BCUT2D eigenvalue weighted by molar-refractivity contribution is 5.86. The van der Waals surface area contributed by atoms with Gasteiger partial charge < -0.3 is 19.5 Å². The zero-order valence-corrected chi connectivity index (χ0v) is 21.0. The normalized spacial score (nSPS) is 17.5. The second kappa shape index (κ2) is 9.87. The summed E-state index contributed by atoms with van der Waals surface area (Å²) < 4.78 is 10.7. The average molecular weight is 472 g/mol. The van der Waals surface area contributed by atoms with Gasteiger partial charge in [0.05, 0.1) is 18.8 Å². The lowest BCUT2D eigenvalue weighted by Gasteiger charge is -2.48. The maximum atomic E-state index is 11.5. The Labute approximate surface area is 207 Å². The Bertz CT molecular complexity index is 1250. The van der Waals surface area contributed by atoms with Gasteiger partial charge in [-0.3, -0.25) is 0 Å². The Kier molecular flexibility index (Phi) is 6.88. The third-order valence-electron chi connectivity index (χ3n) is 6.68. The lowest BCUT2D eigenvalue weighted by Crippen LogP contribution is -2.49. The number of benzene rings is 3. The van der Waals surface area contributed by atoms with Crippen LogP contribution in [0.2, 0.25) is 0 Å². The molecule has 0 aliphatic carbocycles. The summed E-state index contributed by atoms with van der Waals surface area (Å²) in [6.45, 7) is 9.18. The van der Waals surface area contributed by atoms with E-state index in [0.29, 0.717) is 0 Å². The average Bonchev–Trinajstić information content (AvgIpc) is 2.84. The van der Waals surface area contributed by atoms with Gasteiger partial charge in [0.15, 0.2) is 0 Å². The summed E-state index contributed by atoms with van der Waals surface area (Å²) in [7, 11) is 1.37. The maximum Gasteiger partial charge on any atom is 0.330 e. The Morgan fingerprint density at radius 3 is 2.49 bits per heavy atom. The monoisotopic (exact) mass is 471 g/mol. The summed E-state index contributed by atoms with van der Waals surface area (Å²) in [5, 5.41) is 10.1. The summed E-state index contributed by atoms with van der Waals surface area (Å²) in [5.74, 6) is 0.803. The number of esters is 1. The fourth-order valence-corrected chi connectivity index (χ4v) is 4.90. The van der Waals surface area contributed by atoms with E-state index < -0.39 is 5.54 Å². The number of aromatic hydroxyl groups is 1. The minimum Gasteiger partial charge on any atom is -0.508 e. The number of carbonyl (C=O) groups excluding carboxylic acids is 1. The minimum absolute atomic E-state index is 0.117. The number of phenols is 1. The lowest BCUT2D eigenvalue weighted by atomic mass is 9.76. The van der Waals surface area contributed by atoms with E-state index in [0.717, 1.165) is 46.7 Å². The molecule has 0 amide bonds. The second-order valence-electron chi connectivity index (χ2n) is 9.41. The molecule has 0 bridgehead atoms. The van der Waals surface area contributed by atoms with Crippen LogP contribution in [0.1, 0.15) is 48.6 Å². The molecule has 0 aromatic heterocycles. The van der Waals surface area contributed by atoms with Crippen molar-refractivity contribution in [3.05, 3.63) is 94.6 Å². The summed E-state index contributed by atoms with van der Waals surface area (Å²) in [6.07, 6.45) is 4.12. The number of aryl methyl sites for hydroxylation is 1. The lowest BCUT2D eigenvalue weighted by molar-refractivity contribution is -0.134. The van der Waals surface area contributed by atoms with E-state index in [-0.39, 0.29) is 17.8 Å². The van der Waals surface area contributed by atoms with Crippen molar-refractivity contribution in [3.63, 3.8) is 0 Å². The van der Waals surface area contributed by atoms with Crippen molar-refractivity contribution >= 4 is 17.7 Å². The van der Waals surface area contributed by atoms with Crippen molar-refractivity contribution in [2.24, 2.45) is 0 Å². The largest absolute Gasteiger partial charge is 0.508 e. The highest BCUT2D eigenvalue weighted by Gasteiger charge is 2.40. The van der Waals surface area contributed by atoms with Crippen LogP contribution >= 0.6 is 0 Å².